The Morgan fingerprint density at radius 3 is 2.63 bits per heavy atom. The molecule has 0 spiro atoms. The van der Waals surface area contributed by atoms with Crippen LogP contribution in [0.3, 0.4) is 0 Å². The lowest BCUT2D eigenvalue weighted by Gasteiger charge is -2.13. The maximum atomic E-state index is 12.3. The van der Waals surface area contributed by atoms with Crippen molar-refractivity contribution in [3.63, 3.8) is 0 Å². The van der Waals surface area contributed by atoms with Gasteiger partial charge in [-0.25, -0.2) is 14.6 Å². The summed E-state index contributed by atoms with van der Waals surface area (Å²) in [7, 11) is 1.50. The molecule has 3 rings (SSSR count). The Bertz CT molecular complexity index is 1030. The summed E-state index contributed by atoms with van der Waals surface area (Å²) in [5.41, 5.74) is 2.70. The average Bonchev–Trinajstić information content (AvgIpc) is 3.07. The van der Waals surface area contributed by atoms with Crippen LogP contribution in [0.15, 0.2) is 47.1 Å². The van der Waals surface area contributed by atoms with E-state index in [1.165, 1.54) is 7.11 Å². The zero-order chi connectivity index (χ0) is 21.7. The van der Waals surface area contributed by atoms with Gasteiger partial charge in [-0.15, -0.1) is 0 Å². The van der Waals surface area contributed by atoms with Crippen LogP contribution in [-0.2, 0) is 19.1 Å². The predicted molar refractivity (Wildman–Crippen MR) is 120 cm³/mol. The van der Waals surface area contributed by atoms with Gasteiger partial charge in [0, 0.05) is 5.56 Å². The lowest BCUT2D eigenvalue weighted by atomic mass is 10.1. The number of hydrogen-bond donors (Lipinski definition) is 0. The molecule has 0 radical (unpaired) electrons. The van der Waals surface area contributed by atoms with Crippen molar-refractivity contribution in [1.29, 1.82) is 0 Å². The molecule has 1 aliphatic rings. The first kappa shape index (κ1) is 21.8. The number of aliphatic imine (C=N–C) groups is 1. The summed E-state index contributed by atoms with van der Waals surface area (Å²) in [6.07, 6.45) is 1.61. The van der Waals surface area contributed by atoms with E-state index in [0.717, 1.165) is 11.1 Å². The smallest absolute Gasteiger partial charge is 0.363 e. The van der Waals surface area contributed by atoms with Crippen LogP contribution in [0.2, 0.25) is 0 Å². The van der Waals surface area contributed by atoms with Gasteiger partial charge in [0.15, 0.2) is 23.8 Å². The third-order valence-corrected chi connectivity index (χ3v) is 4.92. The van der Waals surface area contributed by atoms with Gasteiger partial charge in [-0.2, -0.15) is 0 Å². The molecule has 0 atom stereocenters. The molecule has 2 aromatic carbocycles. The highest BCUT2D eigenvalue weighted by molar-refractivity contribution is 14.1. The minimum Gasteiger partial charge on any atom is -0.493 e. The number of carbonyl (C=O) groups excluding carboxylic acids is 2. The Hall–Kier alpha value is -2.88. The summed E-state index contributed by atoms with van der Waals surface area (Å²) in [6, 6.07) is 11.1. The third kappa shape index (κ3) is 5.18. The molecule has 156 valence electrons. The van der Waals surface area contributed by atoms with Crippen LogP contribution in [-0.4, -0.2) is 38.2 Å². The summed E-state index contributed by atoms with van der Waals surface area (Å²) in [6.45, 7) is 3.76. The van der Waals surface area contributed by atoms with Crippen LogP contribution in [0.4, 0.5) is 0 Å². The summed E-state index contributed by atoms with van der Waals surface area (Å²) >= 11 is 2.07. The van der Waals surface area contributed by atoms with Gasteiger partial charge < -0.3 is 18.9 Å². The number of halogens is 1. The standard InChI is InChI=1S/C22H20INO6/c1-4-28-19(25)12-29-20-16(23)9-14(11-18(20)27-3)10-17-22(26)30-21(24-17)15-7-5-13(2)6-8-15/h5-11H,4,12H2,1-3H3/b17-10-. The van der Waals surface area contributed by atoms with Crippen molar-refractivity contribution in [2.24, 2.45) is 4.99 Å². The maximum absolute atomic E-state index is 12.3. The van der Waals surface area contributed by atoms with Gasteiger partial charge in [0.2, 0.25) is 5.90 Å². The molecule has 0 unspecified atom stereocenters. The van der Waals surface area contributed by atoms with Crippen molar-refractivity contribution in [3.8, 4) is 11.5 Å². The number of esters is 2. The fourth-order valence-corrected chi connectivity index (χ4v) is 3.46. The molecule has 2 aromatic rings. The molecule has 0 N–H and O–H groups in total. The quantitative estimate of drug-likeness (QED) is 0.313. The molecular weight excluding hydrogens is 501 g/mol. The van der Waals surface area contributed by atoms with E-state index < -0.39 is 11.9 Å². The number of carbonyl (C=O) groups is 2. The van der Waals surface area contributed by atoms with Crippen LogP contribution < -0.4 is 9.47 Å². The highest BCUT2D eigenvalue weighted by Gasteiger charge is 2.24. The average molecular weight is 521 g/mol. The van der Waals surface area contributed by atoms with Gasteiger partial charge in [0.05, 0.1) is 17.3 Å². The van der Waals surface area contributed by atoms with Crippen molar-refractivity contribution in [2.45, 2.75) is 13.8 Å². The fourth-order valence-electron chi connectivity index (χ4n) is 2.68. The first-order chi connectivity index (χ1) is 14.4. The Balaban J connectivity index is 1.85. The van der Waals surface area contributed by atoms with E-state index in [1.54, 1.807) is 25.1 Å². The Kier molecular flexibility index (Phi) is 7.09. The van der Waals surface area contributed by atoms with Crippen molar-refractivity contribution in [1.82, 2.24) is 0 Å². The summed E-state index contributed by atoms with van der Waals surface area (Å²) in [5, 5.41) is 0. The van der Waals surface area contributed by atoms with E-state index >= 15 is 0 Å². The lowest BCUT2D eigenvalue weighted by molar-refractivity contribution is -0.145. The number of benzene rings is 2. The number of rotatable bonds is 7. The number of methoxy groups -OCH3 is 1. The van der Waals surface area contributed by atoms with E-state index in [0.29, 0.717) is 20.6 Å². The fraction of sp³-hybridized carbons (Fsp3) is 0.227. The van der Waals surface area contributed by atoms with Crippen molar-refractivity contribution < 1.29 is 28.5 Å². The van der Waals surface area contributed by atoms with Crippen LogP contribution in [0.1, 0.15) is 23.6 Å². The van der Waals surface area contributed by atoms with Gasteiger partial charge in [-0.3, -0.25) is 0 Å². The zero-order valence-electron chi connectivity index (χ0n) is 16.7. The molecule has 8 heteroatoms. The molecule has 0 saturated carbocycles. The number of hydrogen-bond acceptors (Lipinski definition) is 7. The first-order valence-electron chi connectivity index (χ1n) is 9.16. The summed E-state index contributed by atoms with van der Waals surface area (Å²) in [4.78, 5) is 28.1. The number of nitrogens with zero attached hydrogens (tertiary/aromatic N) is 1. The summed E-state index contributed by atoms with van der Waals surface area (Å²) in [5.74, 6) is 0.121. The van der Waals surface area contributed by atoms with Gasteiger partial charge in [0.25, 0.3) is 0 Å². The molecular formula is C22H20INO6. The minimum atomic E-state index is -0.526. The second-order valence-corrected chi connectivity index (χ2v) is 7.49. The summed E-state index contributed by atoms with van der Waals surface area (Å²) < 4.78 is 21.8. The number of ether oxygens (including phenoxy) is 4. The molecule has 1 heterocycles. The van der Waals surface area contributed by atoms with E-state index in [2.05, 4.69) is 27.6 Å². The van der Waals surface area contributed by atoms with E-state index in [1.807, 2.05) is 31.2 Å². The van der Waals surface area contributed by atoms with Crippen LogP contribution in [0.25, 0.3) is 6.08 Å². The van der Waals surface area contributed by atoms with Crippen LogP contribution in [0, 0.1) is 10.5 Å². The van der Waals surface area contributed by atoms with Crippen molar-refractivity contribution >= 4 is 46.5 Å². The van der Waals surface area contributed by atoms with Gasteiger partial charge in [-0.05, 0) is 72.3 Å². The first-order valence-corrected chi connectivity index (χ1v) is 10.2. The highest BCUT2D eigenvalue weighted by Crippen LogP contribution is 2.35. The van der Waals surface area contributed by atoms with Crippen LogP contribution >= 0.6 is 22.6 Å². The molecule has 30 heavy (non-hydrogen) atoms. The van der Waals surface area contributed by atoms with E-state index in [4.69, 9.17) is 18.9 Å². The minimum absolute atomic E-state index is 0.184. The monoisotopic (exact) mass is 521 g/mol. The lowest BCUT2D eigenvalue weighted by Crippen LogP contribution is -2.15. The van der Waals surface area contributed by atoms with E-state index in [-0.39, 0.29) is 24.8 Å². The van der Waals surface area contributed by atoms with Crippen molar-refractivity contribution in [3.05, 3.63) is 62.4 Å². The molecule has 0 amide bonds. The molecule has 1 aliphatic heterocycles. The topological polar surface area (TPSA) is 83.4 Å². The molecule has 0 aliphatic carbocycles. The van der Waals surface area contributed by atoms with E-state index in [9.17, 15) is 9.59 Å². The number of cyclic esters (lactones) is 1. The largest absolute Gasteiger partial charge is 0.493 e. The zero-order valence-corrected chi connectivity index (χ0v) is 18.9. The Labute approximate surface area is 187 Å². The third-order valence-electron chi connectivity index (χ3n) is 4.11. The van der Waals surface area contributed by atoms with Crippen molar-refractivity contribution in [2.75, 3.05) is 20.3 Å². The SMILES string of the molecule is CCOC(=O)COc1c(I)cc(/C=C2\N=C(c3ccc(C)cc3)OC2=O)cc1OC. The second kappa shape index (κ2) is 9.75. The van der Waals surface area contributed by atoms with Gasteiger partial charge in [0.1, 0.15) is 0 Å². The molecule has 0 fully saturated rings. The second-order valence-electron chi connectivity index (χ2n) is 6.33. The molecule has 0 saturated heterocycles. The van der Waals surface area contributed by atoms with Gasteiger partial charge >= 0.3 is 11.9 Å². The highest BCUT2D eigenvalue weighted by atomic mass is 127. The number of aryl methyl sites for hydroxylation is 1. The normalized spacial score (nSPS) is 14.3. The molecule has 0 aromatic heterocycles. The molecule has 7 nitrogen and oxygen atoms in total. The predicted octanol–water partition coefficient (Wildman–Crippen LogP) is 3.89. The van der Waals surface area contributed by atoms with Crippen LogP contribution in [0.5, 0.6) is 11.5 Å². The molecule has 0 bridgehead atoms. The Morgan fingerprint density at radius 2 is 1.97 bits per heavy atom. The Morgan fingerprint density at radius 1 is 1.23 bits per heavy atom. The van der Waals surface area contributed by atoms with Gasteiger partial charge in [-0.1, -0.05) is 17.7 Å². The maximum Gasteiger partial charge on any atom is 0.363 e.